The second kappa shape index (κ2) is 9.97. The Morgan fingerprint density at radius 1 is 1.00 bits per heavy atom. The highest BCUT2D eigenvalue weighted by Crippen LogP contribution is 2.21. The number of amides is 2. The van der Waals surface area contributed by atoms with Crippen molar-refractivity contribution >= 4 is 6.03 Å². The standard InChI is InChI=1S/C22H28N2O2/c25-22(23-15-9-3-6-12-19-10-4-1-5-11-19)24-16-17-26-21(18-24)20-13-7-2-8-14-20/h1-2,4-5,7-8,10-11,13-14,21H,3,6,9,12,15-18H2,(H,23,25). The summed E-state index contributed by atoms with van der Waals surface area (Å²) < 4.78 is 5.82. The Bertz CT molecular complexity index is 660. The summed E-state index contributed by atoms with van der Waals surface area (Å²) in [6, 6.07) is 20.7. The van der Waals surface area contributed by atoms with Crippen LogP contribution in [0.3, 0.4) is 0 Å². The number of nitrogens with zero attached hydrogens (tertiary/aromatic N) is 1. The van der Waals surface area contributed by atoms with Crippen molar-refractivity contribution in [3.8, 4) is 0 Å². The number of carbonyl (C=O) groups is 1. The van der Waals surface area contributed by atoms with Gasteiger partial charge >= 0.3 is 6.03 Å². The first-order valence-electron chi connectivity index (χ1n) is 9.56. The molecule has 3 rings (SSSR count). The van der Waals surface area contributed by atoms with E-state index in [2.05, 4.69) is 41.7 Å². The van der Waals surface area contributed by atoms with E-state index in [0.29, 0.717) is 19.7 Å². The van der Waals surface area contributed by atoms with Gasteiger partial charge in [0.25, 0.3) is 0 Å². The summed E-state index contributed by atoms with van der Waals surface area (Å²) in [4.78, 5) is 14.3. The fourth-order valence-electron chi connectivity index (χ4n) is 3.29. The van der Waals surface area contributed by atoms with Gasteiger partial charge in [-0.1, -0.05) is 67.1 Å². The highest BCUT2D eigenvalue weighted by Gasteiger charge is 2.24. The molecule has 0 spiro atoms. The molecule has 1 atom stereocenters. The molecule has 1 unspecified atom stereocenters. The average molecular weight is 352 g/mol. The third-order valence-electron chi connectivity index (χ3n) is 4.79. The number of aryl methyl sites for hydroxylation is 1. The molecule has 0 radical (unpaired) electrons. The minimum absolute atomic E-state index is 0.0253. The van der Waals surface area contributed by atoms with Crippen LogP contribution in [0.1, 0.15) is 36.5 Å². The van der Waals surface area contributed by atoms with E-state index < -0.39 is 0 Å². The monoisotopic (exact) mass is 352 g/mol. The maximum absolute atomic E-state index is 12.4. The molecular weight excluding hydrogens is 324 g/mol. The number of urea groups is 1. The average Bonchev–Trinajstić information content (AvgIpc) is 2.72. The summed E-state index contributed by atoms with van der Waals surface area (Å²) in [6.07, 6.45) is 4.39. The van der Waals surface area contributed by atoms with Crippen molar-refractivity contribution in [2.45, 2.75) is 31.8 Å². The number of hydrogen-bond donors (Lipinski definition) is 1. The predicted octanol–water partition coefficient (Wildman–Crippen LogP) is 4.18. The van der Waals surface area contributed by atoms with Gasteiger partial charge in [-0.05, 0) is 30.4 Å². The Hall–Kier alpha value is -2.33. The Morgan fingerprint density at radius 3 is 2.50 bits per heavy atom. The number of ether oxygens (including phenoxy) is 1. The van der Waals surface area contributed by atoms with Crippen LogP contribution in [0.25, 0.3) is 0 Å². The summed E-state index contributed by atoms with van der Waals surface area (Å²) in [5.41, 5.74) is 2.52. The van der Waals surface area contributed by atoms with Crippen LogP contribution in [0.5, 0.6) is 0 Å². The molecule has 2 amide bonds. The summed E-state index contributed by atoms with van der Waals surface area (Å²) in [5, 5.41) is 3.05. The van der Waals surface area contributed by atoms with Gasteiger partial charge in [0, 0.05) is 13.1 Å². The number of benzene rings is 2. The van der Waals surface area contributed by atoms with E-state index in [1.54, 1.807) is 0 Å². The van der Waals surface area contributed by atoms with Crippen LogP contribution < -0.4 is 5.32 Å². The number of nitrogens with one attached hydrogen (secondary N) is 1. The van der Waals surface area contributed by atoms with Crippen LogP contribution in [0.2, 0.25) is 0 Å². The molecule has 1 aliphatic heterocycles. The molecule has 26 heavy (non-hydrogen) atoms. The van der Waals surface area contributed by atoms with Crippen molar-refractivity contribution in [1.29, 1.82) is 0 Å². The maximum Gasteiger partial charge on any atom is 0.317 e. The SMILES string of the molecule is O=C(NCCCCCc1ccccc1)N1CCOC(c2ccccc2)C1. The summed E-state index contributed by atoms with van der Waals surface area (Å²) in [6.45, 7) is 2.60. The maximum atomic E-state index is 12.4. The van der Waals surface area contributed by atoms with Crippen LogP contribution in [-0.4, -0.2) is 37.2 Å². The Balaban J connectivity index is 1.33. The molecular formula is C22H28N2O2. The lowest BCUT2D eigenvalue weighted by atomic mass is 10.1. The fourth-order valence-corrected chi connectivity index (χ4v) is 3.29. The van der Waals surface area contributed by atoms with Crippen molar-refractivity contribution in [1.82, 2.24) is 10.2 Å². The van der Waals surface area contributed by atoms with Crippen LogP contribution in [0.15, 0.2) is 60.7 Å². The van der Waals surface area contributed by atoms with Crippen molar-refractivity contribution in [3.05, 3.63) is 71.8 Å². The lowest BCUT2D eigenvalue weighted by molar-refractivity contribution is -0.0154. The van der Waals surface area contributed by atoms with Gasteiger partial charge in [0.15, 0.2) is 0 Å². The number of hydrogen-bond acceptors (Lipinski definition) is 2. The molecule has 0 bridgehead atoms. The van der Waals surface area contributed by atoms with Gasteiger partial charge in [-0.15, -0.1) is 0 Å². The van der Waals surface area contributed by atoms with Gasteiger partial charge in [-0.3, -0.25) is 0 Å². The molecule has 4 nitrogen and oxygen atoms in total. The normalized spacial score (nSPS) is 17.1. The third kappa shape index (κ3) is 5.60. The summed E-state index contributed by atoms with van der Waals surface area (Å²) in [5.74, 6) is 0. The predicted molar refractivity (Wildman–Crippen MR) is 104 cm³/mol. The van der Waals surface area contributed by atoms with Gasteiger partial charge in [-0.2, -0.15) is 0 Å². The quantitative estimate of drug-likeness (QED) is 0.760. The van der Waals surface area contributed by atoms with Crippen LogP contribution in [0, 0.1) is 0 Å². The van der Waals surface area contributed by atoms with Gasteiger partial charge in [0.05, 0.1) is 13.2 Å². The third-order valence-corrected chi connectivity index (χ3v) is 4.79. The fraction of sp³-hybridized carbons (Fsp3) is 0.409. The highest BCUT2D eigenvalue weighted by atomic mass is 16.5. The summed E-state index contributed by atoms with van der Waals surface area (Å²) >= 11 is 0. The van der Waals surface area contributed by atoms with E-state index in [-0.39, 0.29) is 12.1 Å². The second-order valence-corrected chi connectivity index (χ2v) is 6.74. The molecule has 1 N–H and O–H groups in total. The minimum atomic E-state index is -0.0263. The zero-order valence-corrected chi connectivity index (χ0v) is 15.3. The van der Waals surface area contributed by atoms with E-state index in [0.717, 1.165) is 37.8 Å². The Labute approximate surface area is 156 Å². The largest absolute Gasteiger partial charge is 0.370 e. The lowest BCUT2D eigenvalue weighted by Crippen LogP contribution is -2.47. The Kier molecular flexibility index (Phi) is 7.08. The molecule has 4 heteroatoms. The van der Waals surface area contributed by atoms with Crippen molar-refractivity contribution in [3.63, 3.8) is 0 Å². The number of morpholine rings is 1. The molecule has 0 saturated carbocycles. The number of unbranched alkanes of at least 4 members (excludes halogenated alkanes) is 2. The van der Waals surface area contributed by atoms with Gasteiger partial charge in [0.1, 0.15) is 6.10 Å². The zero-order valence-electron chi connectivity index (χ0n) is 15.3. The molecule has 2 aromatic rings. The van der Waals surface area contributed by atoms with Gasteiger partial charge in [-0.25, -0.2) is 4.79 Å². The van der Waals surface area contributed by atoms with E-state index in [1.165, 1.54) is 5.56 Å². The first-order valence-corrected chi connectivity index (χ1v) is 9.56. The first kappa shape index (κ1) is 18.5. The first-order chi connectivity index (χ1) is 12.8. The van der Waals surface area contributed by atoms with Gasteiger partial charge in [0.2, 0.25) is 0 Å². The molecule has 0 aliphatic carbocycles. The smallest absolute Gasteiger partial charge is 0.317 e. The molecule has 1 heterocycles. The van der Waals surface area contributed by atoms with E-state index >= 15 is 0 Å². The van der Waals surface area contributed by atoms with E-state index in [1.807, 2.05) is 29.2 Å². The summed E-state index contributed by atoms with van der Waals surface area (Å²) in [7, 11) is 0. The lowest BCUT2D eigenvalue weighted by Gasteiger charge is -2.33. The molecule has 0 aromatic heterocycles. The molecule has 1 saturated heterocycles. The second-order valence-electron chi connectivity index (χ2n) is 6.74. The Morgan fingerprint density at radius 2 is 1.73 bits per heavy atom. The molecule has 1 fully saturated rings. The van der Waals surface area contributed by atoms with Crippen LogP contribution >= 0.6 is 0 Å². The minimum Gasteiger partial charge on any atom is -0.370 e. The number of carbonyl (C=O) groups excluding carboxylic acids is 1. The molecule has 2 aromatic carbocycles. The van der Waals surface area contributed by atoms with E-state index in [9.17, 15) is 4.79 Å². The van der Waals surface area contributed by atoms with E-state index in [4.69, 9.17) is 4.74 Å². The zero-order chi connectivity index (χ0) is 18.0. The van der Waals surface area contributed by atoms with Crippen molar-refractivity contribution in [2.75, 3.05) is 26.2 Å². The number of rotatable bonds is 7. The topological polar surface area (TPSA) is 41.6 Å². The van der Waals surface area contributed by atoms with Crippen molar-refractivity contribution < 1.29 is 9.53 Å². The van der Waals surface area contributed by atoms with Crippen LogP contribution in [-0.2, 0) is 11.2 Å². The highest BCUT2D eigenvalue weighted by molar-refractivity contribution is 5.74. The molecule has 138 valence electrons. The van der Waals surface area contributed by atoms with Gasteiger partial charge < -0.3 is 15.0 Å². The molecule has 1 aliphatic rings. The van der Waals surface area contributed by atoms with Crippen molar-refractivity contribution in [2.24, 2.45) is 0 Å². The van der Waals surface area contributed by atoms with Crippen LogP contribution in [0.4, 0.5) is 4.79 Å².